The zero-order valence-electron chi connectivity index (χ0n) is 21.9. The number of carbonyl (C=O) groups excluding carboxylic acids is 2. The summed E-state index contributed by atoms with van der Waals surface area (Å²) in [4.78, 5) is 51.3. The van der Waals surface area contributed by atoms with E-state index in [1.165, 1.54) is 20.4 Å². The van der Waals surface area contributed by atoms with Gasteiger partial charge in [0.1, 0.15) is 4.60 Å². The van der Waals surface area contributed by atoms with Crippen LogP contribution in [0.5, 0.6) is 0 Å². The molecular weight excluding hydrogens is 804 g/mol. The first-order valence-corrected chi connectivity index (χ1v) is 38.3. The molecule has 0 aliphatic rings. The van der Waals surface area contributed by atoms with Gasteiger partial charge in [0.05, 0.1) is 12.7 Å². The number of hydrogen-bond donors (Lipinski definition) is 0. The van der Waals surface area contributed by atoms with E-state index >= 15 is 0 Å². The molecule has 2 heterocycles. The van der Waals surface area contributed by atoms with Crippen molar-refractivity contribution in [3.63, 3.8) is 0 Å². The van der Waals surface area contributed by atoms with E-state index in [9.17, 15) is 9.59 Å². The van der Waals surface area contributed by atoms with E-state index < -0.39 is 57.9 Å². The van der Waals surface area contributed by atoms with Gasteiger partial charge >= 0.3 is 164 Å². The van der Waals surface area contributed by atoms with Crippen molar-refractivity contribution in [1.29, 1.82) is 0 Å². The van der Waals surface area contributed by atoms with Gasteiger partial charge < -0.3 is 4.74 Å². The number of ether oxygens (including phenoxy) is 2. The number of esters is 2. The first kappa shape index (κ1) is 35.3. The predicted octanol–water partition coefficient (Wildman–Crippen LogP) is 5.79. The molecule has 0 spiro atoms. The van der Waals surface area contributed by atoms with Gasteiger partial charge in [0.25, 0.3) is 0 Å². The molecule has 0 fully saturated rings. The fourth-order valence-corrected chi connectivity index (χ4v) is 5.10. The van der Waals surface area contributed by atoms with Gasteiger partial charge in [-0.1, -0.05) is 0 Å². The Labute approximate surface area is 227 Å². The Kier molecular flexibility index (Phi) is 20.7. The summed E-state index contributed by atoms with van der Waals surface area (Å²) in [5.41, 5.74) is 1.10. The van der Waals surface area contributed by atoms with Gasteiger partial charge in [0.2, 0.25) is 0 Å². The monoisotopic (exact) mass is 846 g/mol. The van der Waals surface area contributed by atoms with Crippen molar-refractivity contribution in [1.82, 2.24) is 9.97 Å². The van der Waals surface area contributed by atoms with E-state index in [4.69, 9.17) is 0 Å². The Hall–Kier alpha value is 0.116. The molecule has 10 heteroatoms. The van der Waals surface area contributed by atoms with Crippen molar-refractivity contribution in [2.75, 3.05) is 14.2 Å². The Morgan fingerprint density at radius 1 is 0.788 bits per heavy atom. The molecule has 0 aromatic carbocycles. The van der Waals surface area contributed by atoms with Gasteiger partial charge in [-0.3, -0.25) is 0 Å². The average molecular weight is 844 g/mol. The molecule has 6 nitrogen and oxygen atoms in total. The van der Waals surface area contributed by atoms with Crippen LogP contribution in [0.25, 0.3) is 0 Å². The molecule has 0 bridgehead atoms. The maximum absolute atomic E-state index is 11.3. The molecule has 2 rings (SSSR count). The Bertz CT molecular complexity index is 833. The number of halogens is 1. The summed E-state index contributed by atoms with van der Waals surface area (Å²) in [7, 11) is 2.74. The van der Waals surface area contributed by atoms with Crippen molar-refractivity contribution in [3.8, 4) is 0 Å². The number of nitrogens with zero attached hydrogens (tertiary/aromatic N) is 2. The summed E-state index contributed by atoms with van der Waals surface area (Å²) < 4.78 is 10.9. The zero-order chi connectivity index (χ0) is 26.2. The first-order chi connectivity index (χ1) is 15.1. The molecule has 0 N–H and O–H groups in total. The predicted molar refractivity (Wildman–Crippen MR) is 149 cm³/mol. The summed E-state index contributed by atoms with van der Waals surface area (Å²) in [6, 6.07) is 6.75. The summed E-state index contributed by atoms with van der Waals surface area (Å²) in [6.45, 7) is 0. The molecule has 0 saturated heterocycles. The van der Waals surface area contributed by atoms with E-state index in [-0.39, 0.29) is 11.9 Å². The summed E-state index contributed by atoms with van der Waals surface area (Å²) >= 11 is -0.100. The maximum atomic E-state index is 11.3. The van der Waals surface area contributed by atoms with Crippen LogP contribution in [0.1, 0.15) is 20.7 Å². The van der Waals surface area contributed by atoms with E-state index in [0.29, 0.717) is 15.7 Å². The number of methoxy groups -OCH3 is 2. The zero-order valence-corrected chi connectivity index (χ0v) is 32.0. The van der Waals surface area contributed by atoms with Crippen LogP contribution in [-0.4, -0.2) is 94.0 Å². The minimum absolute atomic E-state index is 0.288. The normalized spacial score (nSPS) is 10.0. The third-order valence-corrected chi connectivity index (χ3v) is 8.70. The summed E-state index contributed by atoms with van der Waals surface area (Å²) in [5, 5.41) is 0. The number of aromatic nitrogens is 2. The van der Waals surface area contributed by atoms with Crippen molar-refractivity contribution >= 4 is 89.5 Å². The topological polar surface area (TPSA) is 78.4 Å². The molecule has 0 unspecified atom stereocenters. The van der Waals surface area contributed by atoms with Crippen LogP contribution in [-0.2, 0) is 9.47 Å². The third kappa shape index (κ3) is 20.0. The molecule has 0 aliphatic heterocycles. The van der Waals surface area contributed by atoms with Crippen LogP contribution in [0.3, 0.4) is 0 Å². The quantitative estimate of drug-likeness (QED) is 0.222. The number of rotatable bonds is 3. The van der Waals surface area contributed by atoms with Gasteiger partial charge in [-0.25, -0.2) is 9.78 Å². The number of carbonyl (C=O) groups is 2. The average Bonchev–Trinajstić information content (AvgIpc) is 2.71. The van der Waals surface area contributed by atoms with Gasteiger partial charge in [0, 0.05) is 6.20 Å². The molecule has 0 saturated carbocycles. The van der Waals surface area contributed by atoms with Crippen LogP contribution in [0.15, 0.2) is 41.3 Å². The summed E-state index contributed by atoms with van der Waals surface area (Å²) in [5.74, 6) is -0.641. The van der Waals surface area contributed by atoms with Crippen molar-refractivity contribution < 1.29 is 19.1 Å². The van der Waals surface area contributed by atoms with Crippen molar-refractivity contribution in [3.05, 3.63) is 52.4 Å². The van der Waals surface area contributed by atoms with E-state index in [2.05, 4.69) is 79.8 Å². The fourth-order valence-electron chi connectivity index (χ4n) is 1.73. The van der Waals surface area contributed by atoms with Crippen molar-refractivity contribution in [2.24, 2.45) is 0 Å². The second-order valence-electron chi connectivity index (χ2n) is 9.03. The Morgan fingerprint density at radius 3 is 1.48 bits per heavy atom. The molecule has 184 valence electrons. The van der Waals surface area contributed by atoms with Gasteiger partial charge in [-0.15, -0.1) is 0 Å². The molecule has 2 radical (unpaired) electrons. The van der Waals surface area contributed by atoms with E-state index in [1.807, 2.05) is 6.07 Å². The van der Waals surface area contributed by atoms with Crippen LogP contribution >= 0.6 is 15.9 Å². The number of hydrogen-bond acceptors (Lipinski definition) is 6. The van der Waals surface area contributed by atoms with Gasteiger partial charge in [0.15, 0.2) is 0 Å². The van der Waals surface area contributed by atoms with Gasteiger partial charge in [-0.2, -0.15) is 0 Å². The van der Waals surface area contributed by atoms with Crippen LogP contribution in [0.4, 0.5) is 0 Å². The molecule has 2 aromatic heterocycles. The number of pyridine rings is 2. The SMILES string of the molecule is COC(=O)c1ccn[c]([Sn]([CH3])([CH3])[CH3])c1.COC(=O)c1ccnc(Br)c1.[CH3][Sn]([CH3])[CH3].[CH3][Sn]([CH3])[CH3]. The van der Waals surface area contributed by atoms with Crippen LogP contribution in [0, 0.1) is 0 Å². The van der Waals surface area contributed by atoms with Crippen LogP contribution in [0.2, 0.25) is 44.5 Å². The first-order valence-electron chi connectivity index (χ1n) is 10.4. The second-order valence-corrected chi connectivity index (χ2v) is 41.3. The molecule has 0 atom stereocenters. The summed E-state index contributed by atoms with van der Waals surface area (Å²) in [6.07, 6.45) is 3.22. The van der Waals surface area contributed by atoms with Crippen molar-refractivity contribution in [2.45, 2.75) is 44.5 Å². The standard InChI is InChI=1S/C7H6BrNO2.C7H6NO2.9CH3.3Sn/c1-11-7(10)5-2-3-9-6(8)4-5;1-10-7(9)6-2-4-8-5-3-6;;;;;;;;;;;;/h2-4H,1H3;2-4H,1H3;9*1H3;;;. The molecular formula is C23H39BrN2O4Sn3. The Morgan fingerprint density at radius 2 is 1.15 bits per heavy atom. The van der Waals surface area contributed by atoms with E-state index in [1.54, 1.807) is 24.4 Å². The van der Waals surface area contributed by atoms with Gasteiger partial charge in [-0.05, 0) is 28.1 Å². The Balaban J connectivity index is 0. The molecule has 2 aromatic rings. The fraction of sp³-hybridized carbons (Fsp3) is 0.478. The molecule has 0 aliphatic carbocycles. The molecule has 0 amide bonds. The van der Waals surface area contributed by atoms with Crippen LogP contribution < -0.4 is 3.71 Å². The third-order valence-electron chi connectivity index (χ3n) is 3.10. The minimum atomic E-state index is -2.15. The second kappa shape index (κ2) is 19.3. The molecule has 33 heavy (non-hydrogen) atoms. The van der Waals surface area contributed by atoms with E-state index in [0.717, 1.165) is 3.71 Å².